The average Bonchev–Trinajstić information content (AvgIpc) is 3.05. The lowest BCUT2D eigenvalue weighted by atomic mass is 10.2. The topological polar surface area (TPSA) is 22.6 Å². The van der Waals surface area contributed by atoms with E-state index >= 15 is 0 Å². The Morgan fingerprint density at radius 3 is 2.75 bits per heavy atom. The van der Waals surface area contributed by atoms with Crippen molar-refractivity contribution < 1.29 is 0 Å². The van der Waals surface area contributed by atoms with Crippen LogP contribution in [0.3, 0.4) is 0 Å². The Hall–Kier alpha value is -1.20. The van der Waals surface area contributed by atoms with E-state index in [0.717, 1.165) is 34.7 Å². The van der Waals surface area contributed by atoms with Crippen LogP contribution in [0.1, 0.15) is 12.1 Å². The molecule has 0 spiro atoms. The van der Waals surface area contributed by atoms with Crippen LogP contribution in [0.5, 0.6) is 0 Å². The summed E-state index contributed by atoms with van der Waals surface area (Å²) in [4.78, 5) is 12.4. The van der Waals surface area contributed by atoms with Gasteiger partial charge in [-0.25, -0.2) is 4.98 Å². The highest BCUT2D eigenvalue weighted by Crippen LogP contribution is 2.23. The van der Waals surface area contributed by atoms with Gasteiger partial charge in [0.25, 0.3) is 0 Å². The summed E-state index contributed by atoms with van der Waals surface area (Å²) in [6.45, 7) is 8.05. The van der Waals surface area contributed by atoms with E-state index in [4.69, 9.17) is 16.6 Å². The first-order chi connectivity index (χ1) is 11.7. The maximum Gasteiger partial charge on any atom is 0.0891 e. The summed E-state index contributed by atoms with van der Waals surface area (Å²) in [5, 5.41) is 1.86. The second-order valence-corrected chi connectivity index (χ2v) is 7.54. The fraction of sp³-hybridized carbons (Fsp3) is 0.526. The van der Waals surface area contributed by atoms with Crippen LogP contribution in [0.2, 0.25) is 5.02 Å². The molecule has 0 radical (unpaired) electrons. The number of rotatable bonds is 3. The van der Waals surface area contributed by atoms with Crippen molar-refractivity contribution in [1.82, 2.24) is 19.7 Å². The number of piperazine rings is 1. The Kier molecular flexibility index (Phi) is 4.72. The third-order valence-corrected chi connectivity index (χ3v) is 5.72. The highest BCUT2D eigenvalue weighted by atomic mass is 35.5. The van der Waals surface area contributed by atoms with Gasteiger partial charge >= 0.3 is 0 Å². The molecule has 4 nitrogen and oxygen atoms in total. The van der Waals surface area contributed by atoms with Crippen LogP contribution in [-0.4, -0.2) is 72.0 Å². The van der Waals surface area contributed by atoms with Crippen LogP contribution in [0, 0.1) is 0 Å². The number of nitrogens with zero attached hydrogens (tertiary/aromatic N) is 4. The minimum Gasteiger partial charge on any atom is -0.304 e. The Balaban J connectivity index is 1.40. The van der Waals surface area contributed by atoms with Gasteiger partial charge in [0.05, 0.1) is 16.2 Å². The molecule has 128 valence electrons. The molecule has 4 rings (SSSR count). The van der Waals surface area contributed by atoms with Gasteiger partial charge in [0.1, 0.15) is 0 Å². The lowest BCUT2D eigenvalue weighted by Crippen LogP contribution is -2.49. The largest absolute Gasteiger partial charge is 0.304 e. The summed E-state index contributed by atoms with van der Waals surface area (Å²) >= 11 is 6.30. The summed E-state index contributed by atoms with van der Waals surface area (Å²) in [5.41, 5.74) is 2.04. The molecule has 0 unspecified atom stereocenters. The number of halogens is 1. The fourth-order valence-electron chi connectivity index (χ4n) is 3.91. The highest BCUT2D eigenvalue weighted by molar-refractivity contribution is 6.35. The smallest absolute Gasteiger partial charge is 0.0891 e. The van der Waals surface area contributed by atoms with Gasteiger partial charge in [-0.05, 0) is 25.6 Å². The third kappa shape index (κ3) is 3.42. The van der Waals surface area contributed by atoms with Crippen LogP contribution >= 0.6 is 11.6 Å². The molecular weight excluding hydrogens is 320 g/mol. The van der Waals surface area contributed by atoms with Crippen LogP contribution in [0.25, 0.3) is 10.9 Å². The molecule has 0 amide bonds. The number of benzene rings is 1. The molecule has 2 fully saturated rings. The van der Waals surface area contributed by atoms with Crippen molar-refractivity contribution in [2.45, 2.75) is 19.0 Å². The van der Waals surface area contributed by atoms with E-state index in [-0.39, 0.29) is 0 Å². The SMILES string of the molecule is CN1CCN([C@H]2CCN(Cc3ccc4cccc(Cl)c4n3)C2)CC1. The second kappa shape index (κ2) is 6.96. The first-order valence-electron chi connectivity index (χ1n) is 8.88. The third-order valence-electron chi connectivity index (χ3n) is 5.42. The summed E-state index contributed by atoms with van der Waals surface area (Å²) in [7, 11) is 2.22. The maximum absolute atomic E-state index is 6.30. The van der Waals surface area contributed by atoms with Crippen LogP contribution in [0.15, 0.2) is 30.3 Å². The first kappa shape index (κ1) is 16.3. The van der Waals surface area contributed by atoms with Crippen molar-refractivity contribution in [3.05, 3.63) is 41.0 Å². The molecule has 1 aromatic heterocycles. The van der Waals surface area contributed by atoms with E-state index in [1.54, 1.807) is 0 Å². The quantitative estimate of drug-likeness (QED) is 0.853. The predicted octanol–water partition coefficient (Wildman–Crippen LogP) is 2.71. The number of hydrogen-bond donors (Lipinski definition) is 0. The van der Waals surface area contributed by atoms with Gasteiger partial charge in [-0.3, -0.25) is 9.80 Å². The van der Waals surface area contributed by atoms with E-state index in [0.29, 0.717) is 6.04 Å². The van der Waals surface area contributed by atoms with Gasteiger partial charge in [-0.2, -0.15) is 0 Å². The lowest BCUT2D eigenvalue weighted by Gasteiger charge is -2.36. The standard InChI is InChI=1S/C19H25ClN4/c1-22-9-11-24(12-10-22)17-7-8-23(14-17)13-16-6-5-15-3-2-4-18(20)19(15)21-16/h2-6,17H,7-14H2,1H3/t17-/m0/s1. The molecule has 1 aromatic carbocycles. The predicted molar refractivity (Wildman–Crippen MR) is 99.5 cm³/mol. The minimum atomic E-state index is 0.711. The van der Waals surface area contributed by atoms with Crippen molar-refractivity contribution in [3.63, 3.8) is 0 Å². The van der Waals surface area contributed by atoms with E-state index in [9.17, 15) is 0 Å². The van der Waals surface area contributed by atoms with Crippen molar-refractivity contribution >= 4 is 22.5 Å². The molecule has 3 heterocycles. The number of hydrogen-bond acceptors (Lipinski definition) is 4. The van der Waals surface area contributed by atoms with Gasteiger partial charge < -0.3 is 4.90 Å². The molecule has 2 aliphatic heterocycles. The molecular formula is C19H25ClN4. The molecule has 0 saturated carbocycles. The van der Waals surface area contributed by atoms with Crippen molar-refractivity contribution in [3.8, 4) is 0 Å². The normalized spacial score (nSPS) is 24.0. The van der Waals surface area contributed by atoms with Gasteiger partial charge in [0.2, 0.25) is 0 Å². The first-order valence-corrected chi connectivity index (χ1v) is 9.26. The number of likely N-dealkylation sites (N-methyl/N-ethyl adjacent to an activating group) is 1. The van der Waals surface area contributed by atoms with Crippen LogP contribution in [-0.2, 0) is 6.54 Å². The zero-order chi connectivity index (χ0) is 16.5. The summed E-state index contributed by atoms with van der Waals surface area (Å²) in [6, 6.07) is 11.0. The van der Waals surface area contributed by atoms with Gasteiger partial charge in [0.15, 0.2) is 0 Å². The molecule has 0 aliphatic carbocycles. The van der Waals surface area contributed by atoms with Gasteiger partial charge in [-0.1, -0.05) is 29.8 Å². The van der Waals surface area contributed by atoms with Crippen molar-refractivity contribution in [1.29, 1.82) is 0 Å². The van der Waals surface area contributed by atoms with E-state index < -0.39 is 0 Å². The molecule has 2 saturated heterocycles. The zero-order valence-electron chi connectivity index (χ0n) is 14.3. The second-order valence-electron chi connectivity index (χ2n) is 7.13. The summed E-state index contributed by atoms with van der Waals surface area (Å²) in [6.07, 6.45) is 1.28. The average molecular weight is 345 g/mol. The lowest BCUT2D eigenvalue weighted by molar-refractivity contribution is 0.112. The van der Waals surface area contributed by atoms with E-state index in [1.807, 2.05) is 12.1 Å². The zero-order valence-corrected chi connectivity index (χ0v) is 15.0. The van der Waals surface area contributed by atoms with Gasteiger partial charge in [0, 0.05) is 57.2 Å². The number of aromatic nitrogens is 1. The number of pyridine rings is 1. The molecule has 0 bridgehead atoms. The van der Waals surface area contributed by atoms with Crippen molar-refractivity contribution in [2.24, 2.45) is 0 Å². The Morgan fingerprint density at radius 1 is 1.08 bits per heavy atom. The van der Waals surface area contributed by atoms with Crippen LogP contribution in [0.4, 0.5) is 0 Å². The Morgan fingerprint density at radius 2 is 1.92 bits per heavy atom. The van der Waals surface area contributed by atoms with E-state index in [2.05, 4.69) is 39.9 Å². The number of fused-ring (bicyclic) bond motifs is 1. The molecule has 2 aliphatic rings. The molecule has 5 heteroatoms. The number of para-hydroxylation sites is 1. The Bertz CT molecular complexity index is 712. The Labute approximate surface area is 149 Å². The summed E-state index contributed by atoms with van der Waals surface area (Å²) < 4.78 is 0. The monoisotopic (exact) mass is 344 g/mol. The maximum atomic E-state index is 6.30. The summed E-state index contributed by atoms with van der Waals surface area (Å²) in [5.74, 6) is 0. The molecule has 1 atom stereocenters. The van der Waals surface area contributed by atoms with Crippen LogP contribution < -0.4 is 0 Å². The molecule has 2 aromatic rings. The minimum absolute atomic E-state index is 0.711. The molecule has 24 heavy (non-hydrogen) atoms. The highest BCUT2D eigenvalue weighted by Gasteiger charge is 2.29. The van der Waals surface area contributed by atoms with Gasteiger partial charge in [-0.15, -0.1) is 0 Å². The fourth-order valence-corrected chi connectivity index (χ4v) is 4.13. The van der Waals surface area contributed by atoms with Crippen molar-refractivity contribution in [2.75, 3.05) is 46.3 Å². The van der Waals surface area contributed by atoms with E-state index in [1.165, 1.54) is 39.1 Å². The molecule has 0 N–H and O–H groups in total. The number of likely N-dealkylation sites (tertiary alicyclic amines) is 1.